The molecule has 4 N–H and O–H groups in total. The molecule has 0 fully saturated rings. The van der Waals surface area contributed by atoms with Crippen LogP contribution >= 0.6 is 0 Å². The quantitative estimate of drug-likeness (QED) is 0.570. The number of hydrogen-bond donors (Lipinski definition) is 3. The molecule has 0 spiro atoms. The first-order chi connectivity index (χ1) is 11.2. The van der Waals surface area contributed by atoms with Gasteiger partial charge in [0.1, 0.15) is 18.4 Å². The van der Waals surface area contributed by atoms with Crippen LogP contribution in [0.4, 0.5) is 0 Å². The van der Waals surface area contributed by atoms with Crippen molar-refractivity contribution < 1.29 is 9.53 Å². The molecule has 118 valence electrons. The molecule has 6 heteroatoms. The van der Waals surface area contributed by atoms with Gasteiger partial charge in [0.15, 0.2) is 0 Å². The maximum absolute atomic E-state index is 11.7. The average molecular weight is 310 g/mol. The predicted octanol–water partition coefficient (Wildman–Crippen LogP) is 1.13. The molecule has 1 heterocycles. The Bertz CT molecular complexity index is 698. The van der Waals surface area contributed by atoms with E-state index in [0.717, 1.165) is 16.9 Å². The number of ether oxygens (including phenoxy) is 1. The van der Waals surface area contributed by atoms with Crippen LogP contribution in [-0.4, -0.2) is 17.9 Å². The van der Waals surface area contributed by atoms with E-state index in [1.165, 1.54) is 0 Å². The zero-order chi connectivity index (χ0) is 16.1. The Morgan fingerprint density at radius 1 is 1.09 bits per heavy atom. The van der Waals surface area contributed by atoms with Crippen LogP contribution in [0.25, 0.3) is 0 Å². The third kappa shape index (κ3) is 3.87. The molecular weight excluding hydrogens is 292 g/mol. The Morgan fingerprint density at radius 2 is 1.83 bits per heavy atom. The van der Waals surface area contributed by atoms with Crippen molar-refractivity contribution in [2.24, 2.45) is 10.8 Å². The van der Waals surface area contributed by atoms with Crippen LogP contribution in [0.3, 0.4) is 0 Å². The Morgan fingerprint density at radius 3 is 2.48 bits per heavy atom. The summed E-state index contributed by atoms with van der Waals surface area (Å²) in [4.78, 5) is 15.9. The van der Waals surface area contributed by atoms with E-state index in [2.05, 4.69) is 15.7 Å². The Kier molecular flexibility index (Phi) is 4.54. The zero-order valence-electron chi connectivity index (χ0n) is 12.5. The number of nitrogens with zero attached hydrogens (tertiary/aromatic N) is 1. The number of nitrogens with one attached hydrogen (secondary N) is 2. The Hall–Kier alpha value is -2.86. The van der Waals surface area contributed by atoms with Gasteiger partial charge >= 0.3 is 0 Å². The summed E-state index contributed by atoms with van der Waals surface area (Å²) in [6.45, 7) is 0.529. The van der Waals surface area contributed by atoms with Crippen molar-refractivity contribution in [2.75, 3.05) is 0 Å². The van der Waals surface area contributed by atoms with Gasteiger partial charge in [-0.05, 0) is 23.3 Å². The number of carbonyl (C=O) groups is 1. The number of guanidine groups is 1. The third-order valence-electron chi connectivity index (χ3n) is 3.57. The standard InChI is InChI=1S/C17H18N4O2/c18-21-17-19-15(16(22)20-17)10-12-6-8-14(9-7-12)23-11-13-4-2-1-3-5-13/h1-9,15H,10-11,18H2,(H2,19,20,21,22). The van der Waals surface area contributed by atoms with E-state index in [-0.39, 0.29) is 5.91 Å². The number of nitrogens with two attached hydrogens (primary N) is 1. The van der Waals surface area contributed by atoms with Crippen LogP contribution in [0.5, 0.6) is 5.75 Å². The van der Waals surface area contributed by atoms with Crippen molar-refractivity contribution in [1.82, 2.24) is 10.7 Å². The minimum Gasteiger partial charge on any atom is -0.489 e. The highest BCUT2D eigenvalue weighted by Gasteiger charge is 2.25. The number of hydrazine groups is 1. The van der Waals surface area contributed by atoms with E-state index in [9.17, 15) is 4.79 Å². The van der Waals surface area contributed by atoms with E-state index in [1.807, 2.05) is 54.6 Å². The first kappa shape index (κ1) is 15.1. The SMILES string of the molecule is NNC1=NC(Cc2ccc(OCc3ccccc3)cc2)C(=O)N1. The lowest BCUT2D eigenvalue weighted by Gasteiger charge is -2.08. The molecule has 1 aliphatic rings. The normalized spacial score (nSPS) is 16.7. The van der Waals surface area contributed by atoms with Crippen molar-refractivity contribution in [3.8, 4) is 5.75 Å². The van der Waals surface area contributed by atoms with Gasteiger partial charge in [-0.15, -0.1) is 0 Å². The molecule has 1 unspecified atom stereocenters. The topological polar surface area (TPSA) is 88.7 Å². The van der Waals surface area contributed by atoms with Gasteiger partial charge in [0.25, 0.3) is 5.91 Å². The molecule has 3 rings (SSSR count). The minimum absolute atomic E-state index is 0.151. The maximum atomic E-state index is 11.7. The minimum atomic E-state index is -0.447. The largest absolute Gasteiger partial charge is 0.489 e. The highest BCUT2D eigenvalue weighted by Crippen LogP contribution is 2.16. The average Bonchev–Trinajstić information content (AvgIpc) is 2.95. The molecule has 1 atom stereocenters. The highest BCUT2D eigenvalue weighted by molar-refractivity contribution is 6.04. The van der Waals surface area contributed by atoms with Crippen molar-refractivity contribution in [2.45, 2.75) is 19.1 Å². The number of aliphatic imine (C=N–C) groups is 1. The van der Waals surface area contributed by atoms with Gasteiger partial charge in [0.2, 0.25) is 5.96 Å². The van der Waals surface area contributed by atoms with Gasteiger partial charge in [-0.3, -0.25) is 15.5 Å². The van der Waals surface area contributed by atoms with Gasteiger partial charge in [-0.25, -0.2) is 10.8 Å². The second-order valence-electron chi connectivity index (χ2n) is 5.25. The molecule has 6 nitrogen and oxygen atoms in total. The smallest absolute Gasteiger partial charge is 0.251 e. The summed E-state index contributed by atoms with van der Waals surface area (Å²) in [5.74, 6) is 6.19. The molecule has 1 amide bonds. The fraction of sp³-hybridized carbons (Fsp3) is 0.176. The zero-order valence-corrected chi connectivity index (χ0v) is 12.5. The lowest BCUT2D eigenvalue weighted by molar-refractivity contribution is -0.120. The summed E-state index contributed by atoms with van der Waals surface area (Å²) in [5, 5.41) is 2.57. The number of rotatable bonds is 5. The second-order valence-corrected chi connectivity index (χ2v) is 5.25. The van der Waals surface area contributed by atoms with Crippen LogP contribution < -0.4 is 21.3 Å². The molecule has 0 radical (unpaired) electrons. The molecule has 2 aromatic carbocycles. The van der Waals surface area contributed by atoms with Gasteiger partial charge in [0, 0.05) is 6.42 Å². The van der Waals surface area contributed by atoms with Crippen LogP contribution in [-0.2, 0) is 17.8 Å². The summed E-state index contributed by atoms with van der Waals surface area (Å²) >= 11 is 0. The maximum Gasteiger partial charge on any atom is 0.251 e. The number of amides is 1. The van der Waals surface area contributed by atoms with Gasteiger partial charge in [-0.1, -0.05) is 42.5 Å². The van der Waals surface area contributed by atoms with E-state index in [4.69, 9.17) is 10.6 Å². The summed E-state index contributed by atoms with van der Waals surface area (Å²) in [7, 11) is 0. The molecule has 2 aromatic rings. The van der Waals surface area contributed by atoms with Crippen molar-refractivity contribution in [3.63, 3.8) is 0 Å². The lowest BCUT2D eigenvalue weighted by atomic mass is 10.1. The van der Waals surface area contributed by atoms with Crippen LogP contribution in [0.2, 0.25) is 0 Å². The Balaban J connectivity index is 1.57. The number of hydrogen-bond acceptors (Lipinski definition) is 5. The van der Waals surface area contributed by atoms with Gasteiger partial charge in [0.05, 0.1) is 0 Å². The van der Waals surface area contributed by atoms with Gasteiger partial charge in [-0.2, -0.15) is 0 Å². The Labute approximate surface area is 134 Å². The van der Waals surface area contributed by atoms with E-state index < -0.39 is 6.04 Å². The van der Waals surface area contributed by atoms with Crippen molar-refractivity contribution in [3.05, 3.63) is 65.7 Å². The summed E-state index contributed by atoms with van der Waals surface area (Å²) in [5.41, 5.74) is 4.48. The first-order valence-electron chi connectivity index (χ1n) is 7.35. The molecule has 0 saturated heterocycles. The molecule has 0 bridgehead atoms. The predicted molar refractivity (Wildman–Crippen MR) is 87.6 cm³/mol. The van der Waals surface area contributed by atoms with Crippen LogP contribution in [0.15, 0.2) is 59.6 Å². The van der Waals surface area contributed by atoms with Crippen molar-refractivity contribution in [1.29, 1.82) is 0 Å². The monoisotopic (exact) mass is 310 g/mol. The highest BCUT2D eigenvalue weighted by atomic mass is 16.5. The number of carbonyl (C=O) groups excluding carboxylic acids is 1. The van der Waals surface area contributed by atoms with Crippen LogP contribution in [0, 0.1) is 0 Å². The fourth-order valence-corrected chi connectivity index (χ4v) is 2.34. The fourth-order valence-electron chi connectivity index (χ4n) is 2.34. The van der Waals surface area contributed by atoms with Gasteiger partial charge < -0.3 is 4.74 Å². The summed E-state index contributed by atoms with van der Waals surface area (Å²) < 4.78 is 5.74. The summed E-state index contributed by atoms with van der Waals surface area (Å²) in [6, 6.07) is 17.2. The van der Waals surface area contributed by atoms with E-state index in [0.29, 0.717) is 19.0 Å². The molecule has 0 aromatic heterocycles. The van der Waals surface area contributed by atoms with E-state index in [1.54, 1.807) is 0 Å². The molecule has 23 heavy (non-hydrogen) atoms. The molecule has 0 aliphatic carbocycles. The molecule has 1 aliphatic heterocycles. The van der Waals surface area contributed by atoms with Crippen molar-refractivity contribution >= 4 is 11.9 Å². The second kappa shape index (κ2) is 6.93. The number of benzene rings is 2. The molecule has 0 saturated carbocycles. The lowest BCUT2D eigenvalue weighted by Crippen LogP contribution is -2.41. The molecular formula is C17H18N4O2. The summed E-state index contributed by atoms with van der Waals surface area (Å²) in [6.07, 6.45) is 0.524. The van der Waals surface area contributed by atoms with Crippen LogP contribution in [0.1, 0.15) is 11.1 Å². The third-order valence-corrected chi connectivity index (χ3v) is 3.57. The van der Waals surface area contributed by atoms with E-state index >= 15 is 0 Å². The first-order valence-corrected chi connectivity index (χ1v) is 7.35.